The van der Waals surface area contributed by atoms with Crippen molar-refractivity contribution in [2.45, 2.75) is 44.7 Å². The van der Waals surface area contributed by atoms with E-state index in [1.807, 2.05) is 0 Å². The van der Waals surface area contributed by atoms with E-state index in [1.54, 1.807) is 4.90 Å². The zero-order valence-electron chi connectivity index (χ0n) is 10.4. The van der Waals surface area contributed by atoms with Crippen LogP contribution in [0, 0.1) is 5.92 Å². The summed E-state index contributed by atoms with van der Waals surface area (Å²) in [5, 5.41) is 11.7. The van der Waals surface area contributed by atoms with Gasteiger partial charge in [-0.05, 0) is 19.3 Å². The Morgan fingerprint density at radius 1 is 1.33 bits per heavy atom. The highest BCUT2D eigenvalue weighted by molar-refractivity contribution is 5.81. The molecule has 0 aliphatic carbocycles. The van der Waals surface area contributed by atoms with E-state index >= 15 is 0 Å². The van der Waals surface area contributed by atoms with Crippen LogP contribution in [0.1, 0.15) is 32.6 Å². The monoisotopic (exact) mass is 254 g/mol. The van der Waals surface area contributed by atoms with Gasteiger partial charge >= 0.3 is 5.97 Å². The van der Waals surface area contributed by atoms with Gasteiger partial charge in [0.05, 0.1) is 5.92 Å². The lowest BCUT2D eigenvalue weighted by Gasteiger charge is -2.23. The Kier molecular flexibility index (Phi) is 3.54. The van der Waals surface area contributed by atoms with Crippen LogP contribution < -0.4 is 5.32 Å². The summed E-state index contributed by atoms with van der Waals surface area (Å²) in [7, 11) is 0. The second-order valence-electron chi connectivity index (χ2n) is 5.01. The van der Waals surface area contributed by atoms with Crippen LogP contribution in [0.15, 0.2) is 0 Å². The first-order chi connectivity index (χ1) is 8.50. The highest BCUT2D eigenvalue weighted by Crippen LogP contribution is 2.41. The van der Waals surface area contributed by atoms with Crippen molar-refractivity contribution in [2.24, 2.45) is 5.92 Å². The number of carboxylic acid groups (broad SMARTS) is 1. The molecule has 6 nitrogen and oxygen atoms in total. The van der Waals surface area contributed by atoms with Gasteiger partial charge in [-0.15, -0.1) is 0 Å². The highest BCUT2D eigenvalue weighted by atomic mass is 16.4. The molecule has 18 heavy (non-hydrogen) atoms. The summed E-state index contributed by atoms with van der Waals surface area (Å²) >= 11 is 0. The Morgan fingerprint density at radius 3 is 2.61 bits per heavy atom. The van der Waals surface area contributed by atoms with E-state index in [0.29, 0.717) is 13.0 Å². The maximum absolute atomic E-state index is 12.0. The van der Waals surface area contributed by atoms with E-state index < -0.39 is 11.9 Å². The number of amides is 2. The van der Waals surface area contributed by atoms with Crippen LogP contribution in [0.5, 0.6) is 0 Å². The second-order valence-corrected chi connectivity index (χ2v) is 5.01. The molecule has 2 amide bonds. The van der Waals surface area contributed by atoms with Gasteiger partial charge in [0.2, 0.25) is 11.8 Å². The minimum atomic E-state index is -0.804. The van der Waals surface area contributed by atoms with Crippen molar-refractivity contribution in [3.05, 3.63) is 0 Å². The van der Waals surface area contributed by atoms with Crippen molar-refractivity contribution >= 4 is 17.8 Å². The van der Waals surface area contributed by atoms with E-state index in [9.17, 15) is 14.4 Å². The molecule has 2 aliphatic rings. The van der Waals surface area contributed by atoms with Crippen molar-refractivity contribution in [2.75, 3.05) is 6.54 Å². The first-order valence-corrected chi connectivity index (χ1v) is 6.29. The number of carbonyl (C=O) groups is 3. The molecule has 2 rings (SSSR count). The zero-order chi connectivity index (χ0) is 13.3. The predicted molar refractivity (Wildman–Crippen MR) is 62.7 cm³/mol. The third kappa shape index (κ3) is 2.32. The lowest BCUT2D eigenvalue weighted by molar-refractivity contribution is -0.143. The normalized spacial score (nSPS) is 29.4. The van der Waals surface area contributed by atoms with Crippen molar-refractivity contribution < 1.29 is 19.5 Å². The number of aliphatic carboxylic acids is 1. The summed E-state index contributed by atoms with van der Waals surface area (Å²) in [6.45, 7) is 1.73. The molecular weight excluding hydrogens is 236 g/mol. The van der Waals surface area contributed by atoms with Gasteiger partial charge in [0.1, 0.15) is 0 Å². The van der Waals surface area contributed by atoms with Crippen LogP contribution in [0.2, 0.25) is 0 Å². The number of rotatable bonds is 4. The summed E-state index contributed by atoms with van der Waals surface area (Å²) in [5.41, 5.74) is 0. The van der Waals surface area contributed by atoms with Crippen LogP contribution in [0.3, 0.4) is 0 Å². The van der Waals surface area contributed by atoms with Crippen LogP contribution in [0.4, 0.5) is 0 Å². The fourth-order valence-electron chi connectivity index (χ4n) is 3.12. The van der Waals surface area contributed by atoms with Gasteiger partial charge < -0.3 is 15.3 Å². The summed E-state index contributed by atoms with van der Waals surface area (Å²) < 4.78 is 0. The maximum Gasteiger partial charge on any atom is 0.308 e. The number of carbonyl (C=O) groups excluding carboxylic acids is 2. The average Bonchev–Trinajstić information content (AvgIpc) is 2.85. The minimum absolute atomic E-state index is 0.0417. The molecule has 100 valence electrons. The third-order valence-corrected chi connectivity index (χ3v) is 3.85. The lowest BCUT2D eigenvalue weighted by atomic mass is 9.89. The minimum Gasteiger partial charge on any atom is -0.481 e. The van der Waals surface area contributed by atoms with Crippen molar-refractivity contribution in [3.8, 4) is 0 Å². The number of nitrogens with zero attached hydrogens (tertiary/aromatic N) is 1. The average molecular weight is 254 g/mol. The Bertz CT molecular complexity index is 382. The van der Waals surface area contributed by atoms with Gasteiger partial charge in [0.25, 0.3) is 0 Å². The van der Waals surface area contributed by atoms with Crippen LogP contribution in [-0.2, 0) is 14.4 Å². The molecule has 2 aliphatic heterocycles. The Morgan fingerprint density at radius 2 is 2.06 bits per heavy atom. The van der Waals surface area contributed by atoms with Crippen LogP contribution >= 0.6 is 0 Å². The van der Waals surface area contributed by atoms with Crippen LogP contribution in [0.25, 0.3) is 0 Å². The second kappa shape index (κ2) is 4.96. The fourth-order valence-corrected chi connectivity index (χ4v) is 3.12. The number of nitrogens with one attached hydrogen (secondary N) is 1. The Labute approximate surface area is 105 Å². The van der Waals surface area contributed by atoms with E-state index in [4.69, 9.17) is 5.11 Å². The van der Waals surface area contributed by atoms with Crippen LogP contribution in [-0.4, -0.2) is 46.4 Å². The molecule has 0 radical (unpaired) electrons. The molecule has 3 atom stereocenters. The summed E-state index contributed by atoms with van der Waals surface area (Å²) in [6.07, 6.45) is 2.51. The molecule has 0 saturated carbocycles. The SMILES string of the molecule is CC(=O)NCCC(=O)N1C2CCC1C(C(=O)O)C2. The molecule has 2 N–H and O–H groups in total. The molecule has 0 aromatic carbocycles. The Balaban J connectivity index is 1.91. The number of carboxylic acids is 1. The molecule has 3 unspecified atom stereocenters. The van der Waals surface area contributed by atoms with E-state index in [-0.39, 0.29) is 30.3 Å². The smallest absolute Gasteiger partial charge is 0.308 e. The number of fused-ring (bicyclic) bond motifs is 2. The van der Waals surface area contributed by atoms with Gasteiger partial charge in [-0.25, -0.2) is 0 Å². The Hall–Kier alpha value is -1.59. The first kappa shape index (κ1) is 12.9. The van der Waals surface area contributed by atoms with Gasteiger partial charge in [-0.2, -0.15) is 0 Å². The van der Waals surface area contributed by atoms with E-state index in [2.05, 4.69) is 5.32 Å². The van der Waals surface area contributed by atoms with Gasteiger partial charge in [0, 0.05) is 32.0 Å². The van der Waals surface area contributed by atoms with Gasteiger partial charge in [-0.3, -0.25) is 14.4 Å². The molecule has 0 aromatic heterocycles. The largest absolute Gasteiger partial charge is 0.481 e. The number of hydrogen-bond acceptors (Lipinski definition) is 3. The highest BCUT2D eigenvalue weighted by Gasteiger charge is 2.50. The predicted octanol–water partition coefficient (Wildman–Crippen LogP) is -0.0233. The molecule has 2 saturated heterocycles. The molecule has 2 bridgehead atoms. The summed E-state index contributed by atoms with van der Waals surface area (Å²) in [6, 6.07) is -0.0572. The third-order valence-electron chi connectivity index (χ3n) is 3.85. The van der Waals surface area contributed by atoms with E-state index in [0.717, 1.165) is 12.8 Å². The molecule has 6 heteroatoms. The number of hydrogen-bond donors (Lipinski definition) is 2. The molecular formula is C12H18N2O4. The maximum atomic E-state index is 12.0. The molecule has 0 spiro atoms. The fraction of sp³-hybridized carbons (Fsp3) is 0.750. The lowest BCUT2D eigenvalue weighted by Crippen LogP contribution is -2.39. The van der Waals surface area contributed by atoms with Gasteiger partial charge in [0.15, 0.2) is 0 Å². The summed E-state index contributed by atoms with van der Waals surface area (Å²) in [4.78, 5) is 35.6. The molecule has 2 heterocycles. The standard InChI is InChI=1S/C12H18N2O4/c1-7(15)13-5-4-11(16)14-8-2-3-10(14)9(6-8)12(17)18/h8-10H,2-6H2,1H3,(H,13,15)(H,17,18). The quantitative estimate of drug-likeness (QED) is 0.738. The topological polar surface area (TPSA) is 86.7 Å². The zero-order valence-corrected chi connectivity index (χ0v) is 10.4. The molecule has 0 aromatic rings. The summed E-state index contributed by atoms with van der Waals surface area (Å²) in [5.74, 6) is -1.41. The van der Waals surface area contributed by atoms with Crippen molar-refractivity contribution in [3.63, 3.8) is 0 Å². The van der Waals surface area contributed by atoms with Crippen molar-refractivity contribution in [1.29, 1.82) is 0 Å². The first-order valence-electron chi connectivity index (χ1n) is 6.29. The van der Waals surface area contributed by atoms with Gasteiger partial charge in [-0.1, -0.05) is 0 Å². The molecule has 2 fully saturated rings. The van der Waals surface area contributed by atoms with Crippen molar-refractivity contribution in [1.82, 2.24) is 10.2 Å². The van der Waals surface area contributed by atoms with E-state index in [1.165, 1.54) is 6.92 Å².